The number of nitrogens with one attached hydrogen (secondary N) is 1. The molecule has 3 rings (SSSR count). The van der Waals surface area contributed by atoms with Gasteiger partial charge in [-0.3, -0.25) is 4.79 Å². The van der Waals surface area contributed by atoms with Crippen molar-refractivity contribution in [1.82, 2.24) is 14.9 Å². The third-order valence-electron chi connectivity index (χ3n) is 3.96. The van der Waals surface area contributed by atoms with Crippen molar-refractivity contribution in [2.75, 3.05) is 7.11 Å². The van der Waals surface area contributed by atoms with E-state index in [0.29, 0.717) is 0 Å². The molecule has 1 atom stereocenters. The molecule has 1 aromatic heterocycles. The molecule has 6 nitrogen and oxygen atoms in total. The van der Waals surface area contributed by atoms with E-state index in [2.05, 4.69) is 10.3 Å². The number of amides is 1. The molecule has 0 aliphatic carbocycles. The Morgan fingerprint density at radius 3 is 2.77 bits per heavy atom. The van der Waals surface area contributed by atoms with E-state index in [0.717, 1.165) is 16.3 Å². The fraction of sp³-hybridized carbons (Fsp3) is 0.150. The molecule has 0 aliphatic rings. The highest BCUT2D eigenvalue weighted by atomic mass is 16.5. The first kappa shape index (κ1) is 17.4. The Balaban J connectivity index is 1.68. The second-order valence-corrected chi connectivity index (χ2v) is 5.78. The first-order valence-corrected chi connectivity index (χ1v) is 8.16. The van der Waals surface area contributed by atoms with Gasteiger partial charge in [0, 0.05) is 18.5 Å². The molecular formula is C20H19N3O3. The maximum Gasteiger partial charge on any atom is 0.330 e. The fourth-order valence-corrected chi connectivity index (χ4v) is 2.63. The highest BCUT2D eigenvalue weighted by molar-refractivity contribution is 5.95. The Morgan fingerprint density at radius 1 is 1.23 bits per heavy atom. The van der Waals surface area contributed by atoms with Crippen LogP contribution in [0.4, 0.5) is 0 Å². The predicted molar refractivity (Wildman–Crippen MR) is 99.2 cm³/mol. The average molecular weight is 349 g/mol. The molecule has 6 heteroatoms. The molecule has 26 heavy (non-hydrogen) atoms. The van der Waals surface area contributed by atoms with E-state index in [1.807, 2.05) is 42.5 Å². The molecule has 132 valence electrons. The maximum atomic E-state index is 12.2. The molecule has 0 spiro atoms. The van der Waals surface area contributed by atoms with Crippen LogP contribution in [-0.4, -0.2) is 34.6 Å². The molecule has 1 N–H and O–H groups in total. The highest BCUT2D eigenvalue weighted by Crippen LogP contribution is 2.16. The van der Waals surface area contributed by atoms with E-state index in [-0.39, 0.29) is 12.5 Å². The summed E-state index contributed by atoms with van der Waals surface area (Å²) in [4.78, 5) is 28.0. The summed E-state index contributed by atoms with van der Waals surface area (Å²) in [6.45, 7) is 0.252. The Kier molecular flexibility index (Phi) is 5.43. The van der Waals surface area contributed by atoms with Crippen LogP contribution >= 0.6 is 0 Å². The lowest BCUT2D eigenvalue weighted by Gasteiger charge is -2.15. The number of esters is 1. The van der Waals surface area contributed by atoms with Crippen molar-refractivity contribution in [3.63, 3.8) is 0 Å². The third-order valence-corrected chi connectivity index (χ3v) is 3.96. The number of hydrogen-bond acceptors (Lipinski definition) is 4. The number of ether oxygens (including phenoxy) is 1. The molecule has 0 saturated carbocycles. The van der Waals surface area contributed by atoms with Gasteiger partial charge in [-0.25, -0.2) is 9.78 Å². The first-order chi connectivity index (χ1) is 12.7. The quantitative estimate of drug-likeness (QED) is 0.548. The van der Waals surface area contributed by atoms with Gasteiger partial charge in [0.25, 0.3) is 0 Å². The van der Waals surface area contributed by atoms with Crippen LogP contribution in [0.15, 0.2) is 67.3 Å². The number of imidazole rings is 1. The van der Waals surface area contributed by atoms with Crippen LogP contribution in [0, 0.1) is 0 Å². The normalized spacial score (nSPS) is 12.2. The van der Waals surface area contributed by atoms with Gasteiger partial charge in [0.2, 0.25) is 5.91 Å². The SMILES string of the molecule is COC(=O)C(Cn1ccnc1)NC(=O)/C=C/c1ccc2ccccc2c1. The zero-order valence-electron chi connectivity index (χ0n) is 14.3. The summed E-state index contributed by atoms with van der Waals surface area (Å²) >= 11 is 0. The van der Waals surface area contributed by atoms with E-state index in [9.17, 15) is 9.59 Å². The Bertz CT molecular complexity index is 932. The average Bonchev–Trinajstić information content (AvgIpc) is 3.18. The van der Waals surface area contributed by atoms with Crippen molar-refractivity contribution in [3.8, 4) is 0 Å². The van der Waals surface area contributed by atoms with Gasteiger partial charge in [-0.15, -0.1) is 0 Å². The monoisotopic (exact) mass is 349 g/mol. The molecule has 0 radical (unpaired) electrons. The van der Waals surface area contributed by atoms with Gasteiger partial charge in [0.15, 0.2) is 0 Å². The van der Waals surface area contributed by atoms with Crippen molar-refractivity contribution >= 4 is 28.7 Å². The van der Waals surface area contributed by atoms with Gasteiger partial charge < -0.3 is 14.6 Å². The second-order valence-electron chi connectivity index (χ2n) is 5.78. The Labute approximate surface area is 151 Å². The van der Waals surface area contributed by atoms with Gasteiger partial charge >= 0.3 is 5.97 Å². The number of aromatic nitrogens is 2. The van der Waals surface area contributed by atoms with Gasteiger partial charge in [-0.1, -0.05) is 36.4 Å². The molecule has 1 amide bonds. The van der Waals surface area contributed by atoms with E-state index >= 15 is 0 Å². The van der Waals surface area contributed by atoms with Crippen molar-refractivity contribution in [2.24, 2.45) is 0 Å². The van der Waals surface area contributed by atoms with E-state index < -0.39 is 12.0 Å². The largest absolute Gasteiger partial charge is 0.467 e. The van der Waals surface area contributed by atoms with Crippen molar-refractivity contribution in [1.29, 1.82) is 0 Å². The fourth-order valence-electron chi connectivity index (χ4n) is 2.63. The van der Waals surface area contributed by atoms with Crippen LogP contribution in [0.1, 0.15) is 5.56 Å². The number of fused-ring (bicyclic) bond motifs is 1. The lowest BCUT2D eigenvalue weighted by atomic mass is 10.1. The van der Waals surface area contributed by atoms with Crippen LogP contribution in [0.3, 0.4) is 0 Å². The van der Waals surface area contributed by atoms with Gasteiger partial charge in [0.05, 0.1) is 20.0 Å². The van der Waals surface area contributed by atoms with Crippen molar-refractivity contribution in [3.05, 3.63) is 72.8 Å². The minimum absolute atomic E-state index is 0.252. The van der Waals surface area contributed by atoms with Gasteiger partial charge in [-0.2, -0.15) is 0 Å². The number of rotatable bonds is 6. The van der Waals surface area contributed by atoms with Crippen molar-refractivity contribution < 1.29 is 14.3 Å². The second kappa shape index (κ2) is 8.11. The molecule has 2 aromatic carbocycles. The smallest absolute Gasteiger partial charge is 0.330 e. The molecule has 1 heterocycles. The van der Waals surface area contributed by atoms with Crippen LogP contribution in [-0.2, 0) is 20.9 Å². The van der Waals surface area contributed by atoms with Crippen LogP contribution in [0.2, 0.25) is 0 Å². The summed E-state index contributed by atoms with van der Waals surface area (Å²) in [7, 11) is 1.29. The number of carbonyl (C=O) groups is 2. The summed E-state index contributed by atoms with van der Waals surface area (Å²) in [6.07, 6.45) is 8.02. The van der Waals surface area contributed by atoms with E-state index in [1.54, 1.807) is 29.4 Å². The maximum absolute atomic E-state index is 12.2. The van der Waals surface area contributed by atoms with Crippen molar-refractivity contribution in [2.45, 2.75) is 12.6 Å². The van der Waals surface area contributed by atoms with Gasteiger partial charge in [-0.05, 0) is 28.5 Å². The summed E-state index contributed by atoms with van der Waals surface area (Å²) in [5.41, 5.74) is 0.906. The topological polar surface area (TPSA) is 73.2 Å². The molecule has 0 bridgehead atoms. The summed E-state index contributed by atoms with van der Waals surface area (Å²) in [5, 5.41) is 4.90. The molecular weight excluding hydrogens is 330 g/mol. The first-order valence-electron chi connectivity index (χ1n) is 8.16. The lowest BCUT2D eigenvalue weighted by molar-refractivity contribution is -0.145. The molecule has 3 aromatic rings. The summed E-state index contributed by atoms with van der Waals surface area (Å²) in [6, 6.07) is 13.2. The van der Waals surface area contributed by atoms with Gasteiger partial charge in [0.1, 0.15) is 6.04 Å². The van der Waals surface area contributed by atoms with Crippen LogP contribution in [0.5, 0.6) is 0 Å². The number of methoxy groups -OCH3 is 1. The lowest BCUT2D eigenvalue weighted by Crippen LogP contribution is -2.43. The zero-order chi connectivity index (χ0) is 18.4. The Morgan fingerprint density at radius 2 is 2.04 bits per heavy atom. The van der Waals surface area contributed by atoms with E-state index in [1.165, 1.54) is 13.2 Å². The Hall–Kier alpha value is -3.41. The zero-order valence-corrected chi connectivity index (χ0v) is 14.3. The number of benzene rings is 2. The molecule has 0 saturated heterocycles. The van der Waals surface area contributed by atoms with Crippen LogP contribution < -0.4 is 5.32 Å². The molecule has 0 aliphatic heterocycles. The standard InChI is InChI=1S/C20H19N3O3/c1-26-20(25)18(13-23-11-10-21-14-23)22-19(24)9-7-15-6-8-16-4-2-3-5-17(16)12-15/h2-12,14,18H,13H2,1H3,(H,22,24)/b9-7+. The predicted octanol–water partition coefficient (Wildman–Crippen LogP) is 2.41. The number of carbonyl (C=O) groups excluding carboxylic acids is 2. The summed E-state index contributed by atoms with van der Waals surface area (Å²) in [5.74, 6) is -0.875. The molecule has 0 fully saturated rings. The number of nitrogens with zero attached hydrogens (tertiary/aromatic N) is 2. The van der Waals surface area contributed by atoms with E-state index in [4.69, 9.17) is 4.74 Å². The molecule has 1 unspecified atom stereocenters. The summed E-state index contributed by atoms with van der Waals surface area (Å²) < 4.78 is 6.46. The minimum atomic E-state index is -0.789. The minimum Gasteiger partial charge on any atom is -0.467 e. The number of hydrogen-bond donors (Lipinski definition) is 1. The third kappa shape index (κ3) is 4.36. The highest BCUT2D eigenvalue weighted by Gasteiger charge is 2.20. The van der Waals surface area contributed by atoms with Crippen LogP contribution in [0.25, 0.3) is 16.8 Å².